The maximum Gasteiger partial charge on any atom is 0.358 e. The van der Waals surface area contributed by atoms with Crippen LogP contribution in [0.4, 0.5) is 10.9 Å². The molecule has 8 nitrogen and oxygen atoms in total. The standard InChI is InChI=1S/C22H14BrN5O3S/c23-16-7-6-13-9-15(5-4-14(13)10-16)20-28-27-19(31-20)11-30-21(29)17-12-32-22(25-17)26-18-3-1-2-8-24-18/h1-10,12H,11H2,(H,24,25,26). The van der Waals surface area contributed by atoms with Gasteiger partial charge < -0.3 is 14.5 Å². The van der Waals surface area contributed by atoms with E-state index in [9.17, 15) is 4.79 Å². The number of nitrogens with one attached hydrogen (secondary N) is 1. The van der Waals surface area contributed by atoms with E-state index in [0.29, 0.717) is 16.8 Å². The molecule has 0 unspecified atom stereocenters. The topological polar surface area (TPSA) is 103 Å². The molecule has 0 bridgehead atoms. The lowest BCUT2D eigenvalue weighted by Crippen LogP contribution is -2.06. The summed E-state index contributed by atoms with van der Waals surface area (Å²) < 4.78 is 11.9. The van der Waals surface area contributed by atoms with E-state index in [2.05, 4.69) is 41.4 Å². The zero-order valence-electron chi connectivity index (χ0n) is 16.4. The fourth-order valence-corrected chi connectivity index (χ4v) is 4.02. The van der Waals surface area contributed by atoms with Crippen molar-refractivity contribution in [2.45, 2.75) is 6.61 Å². The van der Waals surface area contributed by atoms with Gasteiger partial charge in [0.1, 0.15) is 5.82 Å². The van der Waals surface area contributed by atoms with Gasteiger partial charge in [-0.25, -0.2) is 14.8 Å². The van der Waals surface area contributed by atoms with Crippen LogP contribution in [0.3, 0.4) is 0 Å². The van der Waals surface area contributed by atoms with E-state index in [-0.39, 0.29) is 18.2 Å². The molecule has 0 spiro atoms. The summed E-state index contributed by atoms with van der Waals surface area (Å²) in [5.74, 6) is 0.621. The zero-order chi connectivity index (χ0) is 21.9. The second kappa shape index (κ2) is 8.85. The molecular formula is C22H14BrN5O3S. The molecule has 3 aromatic heterocycles. The van der Waals surface area contributed by atoms with Crippen LogP contribution in [0.2, 0.25) is 0 Å². The fourth-order valence-electron chi connectivity index (χ4n) is 2.95. The van der Waals surface area contributed by atoms with E-state index in [0.717, 1.165) is 20.8 Å². The molecule has 0 saturated carbocycles. The maximum atomic E-state index is 12.3. The van der Waals surface area contributed by atoms with E-state index in [1.165, 1.54) is 11.3 Å². The van der Waals surface area contributed by atoms with Crippen molar-refractivity contribution in [3.05, 3.63) is 82.2 Å². The maximum absolute atomic E-state index is 12.3. The molecule has 0 aliphatic rings. The van der Waals surface area contributed by atoms with Gasteiger partial charge in [0.05, 0.1) is 0 Å². The number of halogens is 1. The summed E-state index contributed by atoms with van der Waals surface area (Å²) in [6, 6.07) is 17.4. The first-order valence-electron chi connectivity index (χ1n) is 9.47. The van der Waals surface area contributed by atoms with Crippen molar-refractivity contribution < 1.29 is 13.9 Å². The highest BCUT2D eigenvalue weighted by atomic mass is 79.9. The molecule has 0 atom stereocenters. The molecule has 32 heavy (non-hydrogen) atoms. The highest BCUT2D eigenvalue weighted by molar-refractivity contribution is 9.10. The van der Waals surface area contributed by atoms with Crippen LogP contribution in [-0.2, 0) is 11.3 Å². The smallest absolute Gasteiger partial charge is 0.358 e. The quantitative estimate of drug-likeness (QED) is 0.296. The van der Waals surface area contributed by atoms with Gasteiger partial charge in [-0.05, 0) is 47.2 Å². The van der Waals surface area contributed by atoms with Crippen molar-refractivity contribution in [2.24, 2.45) is 0 Å². The molecule has 158 valence electrons. The van der Waals surface area contributed by atoms with Crippen LogP contribution in [0.25, 0.3) is 22.2 Å². The van der Waals surface area contributed by atoms with E-state index >= 15 is 0 Å². The third-order valence-corrected chi connectivity index (χ3v) is 5.71. The number of rotatable bonds is 6. The van der Waals surface area contributed by atoms with Crippen LogP contribution < -0.4 is 5.32 Å². The number of fused-ring (bicyclic) bond motifs is 1. The van der Waals surface area contributed by atoms with Crippen molar-refractivity contribution in [2.75, 3.05) is 5.32 Å². The van der Waals surface area contributed by atoms with Gasteiger partial charge >= 0.3 is 5.97 Å². The summed E-state index contributed by atoms with van der Waals surface area (Å²) in [4.78, 5) is 20.7. The van der Waals surface area contributed by atoms with E-state index in [4.69, 9.17) is 9.15 Å². The number of anilines is 2. The molecule has 10 heteroatoms. The number of hydrogen-bond donors (Lipinski definition) is 1. The molecule has 0 fully saturated rings. The van der Waals surface area contributed by atoms with Gasteiger partial charge in [-0.2, -0.15) is 0 Å². The number of hydrogen-bond acceptors (Lipinski definition) is 9. The number of carbonyl (C=O) groups excluding carboxylic acids is 1. The predicted molar refractivity (Wildman–Crippen MR) is 124 cm³/mol. The highest BCUT2D eigenvalue weighted by Crippen LogP contribution is 2.26. The van der Waals surface area contributed by atoms with Gasteiger partial charge in [-0.3, -0.25) is 0 Å². The van der Waals surface area contributed by atoms with E-state index < -0.39 is 5.97 Å². The fraction of sp³-hybridized carbons (Fsp3) is 0.0455. The molecular weight excluding hydrogens is 494 g/mol. The largest absolute Gasteiger partial charge is 0.451 e. The van der Waals surface area contributed by atoms with Crippen molar-refractivity contribution in [1.29, 1.82) is 0 Å². The summed E-state index contributed by atoms with van der Waals surface area (Å²) in [5, 5.41) is 15.4. The normalized spacial score (nSPS) is 10.9. The number of nitrogens with zero attached hydrogens (tertiary/aromatic N) is 4. The zero-order valence-corrected chi connectivity index (χ0v) is 18.8. The Bertz CT molecular complexity index is 1400. The monoisotopic (exact) mass is 507 g/mol. The van der Waals surface area contributed by atoms with Gasteiger partial charge in [0, 0.05) is 21.6 Å². The lowest BCUT2D eigenvalue weighted by Gasteiger charge is -2.01. The third-order valence-electron chi connectivity index (χ3n) is 4.46. The average molecular weight is 508 g/mol. The predicted octanol–water partition coefficient (Wildman–Crippen LogP) is 5.60. The number of benzene rings is 2. The number of carbonyl (C=O) groups is 1. The molecule has 1 N–H and O–H groups in total. The number of pyridine rings is 1. The molecule has 0 saturated heterocycles. The Labute approximate surface area is 194 Å². The second-order valence-corrected chi connectivity index (χ2v) is 8.43. The van der Waals surface area contributed by atoms with Crippen molar-refractivity contribution in [1.82, 2.24) is 20.2 Å². The van der Waals surface area contributed by atoms with Crippen LogP contribution in [-0.4, -0.2) is 26.1 Å². The Morgan fingerprint density at radius 1 is 1.09 bits per heavy atom. The van der Waals surface area contributed by atoms with Crippen molar-refractivity contribution >= 4 is 55.0 Å². The molecule has 0 aliphatic heterocycles. The van der Waals surface area contributed by atoms with Crippen molar-refractivity contribution in [3.8, 4) is 11.5 Å². The number of esters is 1. The summed E-state index contributed by atoms with van der Waals surface area (Å²) >= 11 is 4.75. The molecule has 3 heterocycles. The van der Waals surface area contributed by atoms with Gasteiger partial charge in [-0.1, -0.05) is 34.1 Å². The first-order chi connectivity index (χ1) is 15.6. The summed E-state index contributed by atoms with van der Waals surface area (Å²) in [7, 11) is 0. The van der Waals surface area contributed by atoms with Gasteiger partial charge in [0.25, 0.3) is 5.89 Å². The minimum absolute atomic E-state index is 0.146. The minimum Gasteiger partial charge on any atom is -0.451 e. The Morgan fingerprint density at radius 2 is 1.97 bits per heavy atom. The number of thiazole rings is 1. The molecule has 0 radical (unpaired) electrons. The van der Waals surface area contributed by atoms with E-state index in [1.54, 1.807) is 17.6 Å². The summed E-state index contributed by atoms with van der Waals surface area (Å²) in [6.07, 6.45) is 1.67. The SMILES string of the molecule is O=C(OCc1nnc(-c2ccc3cc(Br)ccc3c2)o1)c1csc(Nc2ccccn2)n1. The Morgan fingerprint density at radius 3 is 2.84 bits per heavy atom. The summed E-state index contributed by atoms with van der Waals surface area (Å²) in [6.45, 7) is -0.146. The van der Waals surface area contributed by atoms with Gasteiger partial charge in [-0.15, -0.1) is 21.5 Å². The van der Waals surface area contributed by atoms with Crippen LogP contribution >= 0.6 is 27.3 Å². The molecule has 5 rings (SSSR count). The average Bonchev–Trinajstić information content (AvgIpc) is 3.48. The number of ether oxygens (including phenoxy) is 1. The Hall–Kier alpha value is -3.63. The van der Waals surface area contributed by atoms with Crippen LogP contribution in [0.1, 0.15) is 16.4 Å². The number of aromatic nitrogens is 4. The molecule has 5 aromatic rings. The first kappa shape index (κ1) is 20.3. The second-order valence-electron chi connectivity index (χ2n) is 6.66. The molecule has 2 aromatic carbocycles. The molecule has 0 amide bonds. The lowest BCUT2D eigenvalue weighted by molar-refractivity contribution is 0.0433. The van der Waals surface area contributed by atoms with Crippen LogP contribution in [0.5, 0.6) is 0 Å². The van der Waals surface area contributed by atoms with Crippen molar-refractivity contribution in [3.63, 3.8) is 0 Å². The summed E-state index contributed by atoms with van der Waals surface area (Å²) in [5.41, 5.74) is 0.975. The first-order valence-corrected chi connectivity index (χ1v) is 11.1. The lowest BCUT2D eigenvalue weighted by atomic mass is 10.1. The van der Waals surface area contributed by atoms with Crippen LogP contribution in [0.15, 0.2) is 75.1 Å². The highest BCUT2D eigenvalue weighted by Gasteiger charge is 2.16. The Kier molecular flexibility index (Phi) is 5.61. The van der Waals surface area contributed by atoms with Gasteiger partial charge in [0.15, 0.2) is 17.4 Å². The van der Waals surface area contributed by atoms with E-state index in [1.807, 2.05) is 48.5 Å². The minimum atomic E-state index is -0.577. The van der Waals surface area contributed by atoms with Crippen LogP contribution in [0, 0.1) is 0 Å². The molecule has 0 aliphatic carbocycles. The van der Waals surface area contributed by atoms with Gasteiger partial charge in [0.2, 0.25) is 5.89 Å². The Balaban J connectivity index is 1.22. The third kappa shape index (κ3) is 4.51.